The number of hydrogen-bond acceptors (Lipinski definition) is 2. The molecule has 0 heterocycles. The first-order chi connectivity index (χ1) is 6.75. The first-order valence-electron chi connectivity index (χ1n) is 4.52. The van der Waals surface area contributed by atoms with E-state index in [0.29, 0.717) is 0 Å². The van der Waals surface area contributed by atoms with Crippen molar-refractivity contribution in [3.8, 4) is 0 Å². The summed E-state index contributed by atoms with van der Waals surface area (Å²) in [5.74, 6) is 0. The molecule has 0 aliphatic heterocycles. The van der Waals surface area contributed by atoms with E-state index in [4.69, 9.17) is 20.7 Å². The third kappa shape index (κ3) is 5.70. The summed E-state index contributed by atoms with van der Waals surface area (Å²) in [6.45, 7) is 6.13. The zero-order valence-corrected chi connectivity index (χ0v) is 9.19. The largest absolute Gasteiger partial charge is 0.503 e. The summed E-state index contributed by atoms with van der Waals surface area (Å²) in [4.78, 5) is 8.56. The van der Waals surface area contributed by atoms with Gasteiger partial charge in [0.1, 0.15) is 0 Å². The van der Waals surface area contributed by atoms with Gasteiger partial charge in [0.2, 0.25) is 0 Å². The van der Waals surface area contributed by atoms with Crippen LogP contribution in [0.15, 0.2) is 24.3 Å². The van der Waals surface area contributed by atoms with Gasteiger partial charge in [-0.25, -0.2) is 4.79 Å². The number of hydrogen-bond donors (Lipinski definition) is 3. The van der Waals surface area contributed by atoms with Crippen LogP contribution >= 0.6 is 0 Å². The van der Waals surface area contributed by atoms with Gasteiger partial charge >= 0.3 is 6.16 Å². The van der Waals surface area contributed by atoms with Crippen molar-refractivity contribution in [3.63, 3.8) is 0 Å². The van der Waals surface area contributed by atoms with Gasteiger partial charge < -0.3 is 15.9 Å². The summed E-state index contributed by atoms with van der Waals surface area (Å²) >= 11 is 0. The first-order valence-corrected chi connectivity index (χ1v) is 4.52. The Morgan fingerprint density at radius 1 is 1.27 bits per heavy atom. The fourth-order valence-electron chi connectivity index (χ4n) is 1.30. The molecule has 0 amide bonds. The highest BCUT2D eigenvalue weighted by Crippen LogP contribution is 2.19. The van der Waals surface area contributed by atoms with Crippen LogP contribution in [-0.2, 0) is 5.54 Å². The van der Waals surface area contributed by atoms with Crippen LogP contribution in [0.25, 0.3) is 0 Å². The van der Waals surface area contributed by atoms with Crippen LogP contribution in [0.5, 0.6) is 0 Å². The quantitative estimate of drug-likeness (QED) is 0.666. The van der Waals surface area contributed by atoms with E-state index in [1.165, 1.54) is 11.1 Å². The van der Waals surface area contributed by atoms with Crippen molar-refractivity contribution >= 4 is 6.16 Å². The zero-order valence-electron chi connectivity index (χ0n) is 9.19. The summed E-state index contributed by atoms with van der Waals surface area (Å²) in [6.07, 6.45) is -1.83. The molecule has 0 aromatic heterocycles. The van der Waals surface area contributed by atoms with Crippen molar-refractivity contribution in [1.29, 1.82) is 0 Å². The van der Waals surface area contributed by atoms with Gasteiger partial charge in [-0.1, -0.05) is 24.3 Å². The number of carboxylic acid groups (broad SMARTS) is 2. The topological polar surface area (TPSA) is 83.6 Å². The van der Waals surface area contributed by atoms with E-state index in [-0.39, 0.29) is 5.54 Å². The Morgan fingerprint density at radius 3 is 1.93 bits per heavy atom. The molecule has 0 bridgehead atoms. The maximum atomic E-state index is 8.56. The molecule has 0 saturated heterocycles. The third-order valence-corrected chi connectivity index (χ3v) is 1.84. The predicted octanol–water partition coefficient (Wildman–Crippen LogP) is 2.41. The predicted molar refractivity (Wildman–Crippen MR) is 59.0 cm³/mol. The highest BCUT2D eigenvalue weighted by atomic mass is 16.6. The van der Waals surface area contributed by atoms with E-state index < -0.39 is 6.16 Å². The van der Waals surface area contributed by atoms with Gasteiger partial charge in [-0.15, -0.1) is 0 Å². The molecule has 1 aromatic rings. The molecule has 84 valence electrons. The monoisotopic (exact) mass is 211 g/mol. The summed E-state index contributed by atoms with van der Waals surface area (Å²) in [5, 5.41) is 13.9. The molecular weight excluding hydrogens is 194 g/mol. The van der Waals surface area contributed by atoms with Gasteiger partial charge in [0.05, 0.1) is 0 Å². The molecule has 1 rings (SSSR count). The van der Waals surface area contributed by atoms with E-state index in [2.05, 4.69) is 19.1 Å². The highest BCUT2D eigenvalue weighted by molar-refractivity contribution is 5.53. The van der Waals surface area contributed by atoms with Crippen LogP contribution in [0.4, 0.5) is 4.79 Å². The lowest BCUT2D eigenvalue weighted by Crippen LogP contribution is -2.29. The minimum atomic E-state index is -1.83. The second-order valence-electron chi connectivity index (χ2n) is 3.82. The van der Waals surface area contributed by atoms with Gasteiger partial charge in [-0.3, -0.25) is 0 Å². The molecule has 0 unspecified atom stereocenters. The van der Waals surface area contributed by atoms with Crippen LogP contribution in [0.1, 0.15) is 25.0 Å². The SMILES string of the molecule is Cc1ccccc1C(C)(C)N.O=C(O)O. The van der Waals surface area contributed by atoms with Crippen molar-refractivity contribution < 1.29 is 15.0 Å². The molecule has 0 spiro atoms. The molecule has 4 N–H and O–H groups in total. The zero-order chi connectivity index (χ0) is 12.1. The van der Waals surface area contributed by atoms with Crippen LogP contribution in [0.2, 0.25) is 0 Å². The van der Waals surface area contributed by atoms with Crippen LogP contribution < -0.4 is 5.73 Å². The second-order valence-corrected chi connectivity index (χ2v) is 3.82. The van der Waals surface area contributed by atoms with E-state index in [1.54, 1.807) is 0 Å². The highest BCUT2D eigenvalue weighted by Gasteiger charge is 2.14. The van der Waals surface area contributed by atoms with Gasteiger partial charge in [-0.2, -0.15) is 0 Å². The molecule has 4 nitrogen and oxygen atoms in total. The molecule has 0 radical (unpaired) electrons. The fourth-order valence-corrected chi connectivity index (χ4v) is 1.30. The Balaban J connectivity index is 0.000000423. The Morgan fingerprint density at radius 2 is 1.67 bits per heavy atom. The Bertz CT molecular complexity index is 325. The molecule has 15 heavy (non-hydrogen) atoms. The van der Waals surface area contributed by atoms with Gasteiger partial charge in [-0.05, 0) is 31.9 Å². The number of benzene rings is 1. The molecule has 0 saturated carbocycles. The lowest BCUT2D eigenvalue weighted by atomic mass is 9.92. The van der Waals surface area contributed by atoms with Crippen molar-refractivity contribution in [1.82, 2.24) is 0 Å². The van der Waals surface area contributed by atoms with Gasteiger partial charge in [0.25, 0.3) is 0 Å². The minimum Gasteiger partial charge on any atom is -0.450 e. The normalized spacial score (nSPS) is 10.1. The maximum Gasteiger partial charge on any atom is 0.503 e. The maximum absolute atomic E-state index is 8.56. The molecular formula is C11H17NO3. The molecule has 4 heteroatoms. The summed E-state index contributed by atoms with van der Waals surface area (Å²) in [7, 11) is 0. The van der Waals surface area contributed by atoms with Gasteiger partial charge in [0, 0.05) is 5.54 Å². The molecule has 0 aliphatic rings. The van der Waals surface area contributed by atoms with Crippen LogP contribution in [-0.4, -0.2) is 16.4 Å². The first kappa shape index (κ1) is 13.4. The van der Waals surface area contributed by atoms with Crippen LogP contribution in [0, 0.1) is 6.92 Å². The van der Waals surface area contributed by atoms with E-state index in [0.717, 1.165) is 0 Å². The smallest absolute Gasteiger partial charge is 0.450 e. The molecule has 0 aliphatic carbocycles. The number of rotatable bonds is 1. The lowest BCUT2D eigenvalue weighted by Gasteiger charge is -2.21. The summed E-state index contributed by atoms with van der Waals surface area (Å²) < 4.78 is 0. The Kier molecular flexibility index (Phi) is 4.81. The van der Waals surface area contributed by atoms with E-state index in [9.17, 15) is 0 Å². The molecule has 1 aromatic carbocycles. The summed E-state index contributed by atoms with van der Waals surface area (Å²) in [6, 6.07) is 8.22. The van der Waals surface area contributed by atoms with Crippen molar-refractivity contribution in [3.05, 3.63) is 35.4 Å². The summed E-state index contributed by atoms with van der Waals surface area (Å²) in [5.41, 5.74) is 8.23. The minimum absolute atomic E-state index is 0.217. The average Bonchev–Trinajstić information content (AvgIpc) is 2.01. The lowest BCUT2D eigenvalue weighted by molar-refractivity contribution is 0.137. The Labute approximate surface area is 89.4 Å². The van der Waals surface area contributed by atoms with Gasteiger partial charge in [0.15, 0.2) is 0 Å². The van der Waals surface area contributed by atoms with E-state index >= 15 is 0 Å². The second kappa shape index (κ2) is 5.36. The van der Waals surface area contributed by atoms with Crippen molar-refractivity contribution in [2.75, 3.05) is 0 Å². The van der Waals surface area contributed by atoms with Crippen molar-refractivity contribution in [2.45, 2.75) is 26.3 Å². The molecule has 0 atom stereocenters. The third-order valence-electron chi connectivity index (χ3n) is 1.84. The Hall–Kier alpha value is -1.55. The standard InChI is InChI=1S/C10H15N.CH2O3/c1-8-6-4-5-7-9(8)10(2,3)11;2-1(3)4/h4-7H,11H2,1-3H3;(H2,2,3,4). The number of nitrogens with two attached hydrogens (primary N) is 1. The van der Waals surface area contributed by atoms with E-state index in [1.807, 2.05) is 26.0 Å². The van der Waals surface area contributed by atoms with Crippen molar-refractivity contribution in [2.24, 2.45) is 5.73 Å². The number of carbonyl (C=O) groups is 1. The van der Waals surface area contributed by atoms with Crippen LogP contribution in [0.3, 0.4) is 0 Å². The number of aryl methyl sites for hydroxylation is 1. The fraction of sp³-hybridized carbons (Fsp3) is 0.364. The molecule has 0 fully saturated rings. The average molecular weight is 211 g/mol.